The third-order valence-corrected chi connectivity index (χ3v) is 3.89. The molecule has 5 heteroatoms. The highest BCUT2D eigenvalue weighted by Crippen LogP contribution is 2.30. The van der Waals surface area contributed by atoms with E-state index in [0.717, 1.165) is 23.5 Å². The minimum atomic E-state index is -0.0637. The van der Waals surface area contributed by atoms with Gasteiger partial charge in [0, 0.05) is 24.6 Å². The third kappa shape index (κ3) is 4.93. The molecule has 1 N–H and O–H groups in total. The average Bonchev–Trinajstić information content (AvgIpc) is 2.90. The van der Waals surface area contributed by atoms with Crippen LogP contribution >= 0.6 is 0 Å². The predicted octanol–water partition coefficient (Wildman–Crippen LogP) is 3.43. The van der Waals surface area contributed by atoms with Crippen molar-refractivity contribution in [3.63, 3.8) is 0 Å². The number of benzene rings is 2. The first-order chi connectivity index (χ1) is 12.7. The van der Waals surface area contributed by atoms with Gasteiger partial charge >= 0.3 is 0 Å². The molecule has 0 spiro atoms. The summed E-state index contributed by atoms with van der Waals surface area (Å²) in [6.45, 7) is 1.51. The lowest BCUT2D eigenvalue weighted by Crippen LogP contribution is -2.12. The summed E-state index contributed by atoms with van der Waals surface area (Å²) in [6, 6.07) is 13.0. The first-order valence-corrected chi connectivity index (χ1v) is 8.59. The first kappa shape index (κ1) is 17.7. The zero-order valence-electron chi connectivity index (χ0n) is 14.5. The molecule has 0 aromatic heterocycles. The average molecular weight is 351 g/mol. The molecule has 0 radical (unpaired) electrons. The van der Waals surface area contributed by atoms with Crippen molar-refractivity contribution in [3.05, 3.63) is 48.0 Å². The second-order valence-electron chi connectivity index (χ2n) is 5.90. The fourth-order valence-corrected chi connectivity index (χ4v) is 2.63. The fourth-order valence-electron chi connectivity index (χ4n) is 2.63. The largest absolute Gasteiger partial charge is 0.490 e. The summed E-state index contributed by atoms with van der Waals surface area (Å²) in [7, 11) is 0. The van der Waals surface area contributed by atoms with Gasteiger partial charge < -0.3 is 19.5 Å². The molecule has 3 rings (SSSR count). The van der Waals surface area contributed by atoms with Crippen molar-refractivity contribution in [2.45, 2.75) is 19.3 Å². The number of carbonyl (C=O) groups excluding carboxylic acids is 1. The molecule has 0 aliphatic carbocycles. The lowest BCUT2D eigenvalue weighted by molar-refractivity contribution is -0.116. The molecule has 0 saturated carbocycles. The SMILES string of the molecule is C#CCOc1cccc(NC(=O)CCc2ccc3c(c2)OCCCO3)c1. The molecule has 0 saturated heterocycles. The lowest BCUT2D eigenvalue weighted by Gasteiger charge is -2.10. The molecular formula is C21H21NO4. The lowest BCUT2D eigenvalue weighted by atomic mass is 10.1. The van der Waals surface area contributed by atoms with Crippen LogP contribution in [0.2, 0.25) is 0 Å². The number of anilines is 1. The number of hydrogen-bond acceptors (Lipinski definition) is 4. The van der Waals surface area contributed by atoms with Gasteiger partial charge in [-0.2, -0.15) is 0 Å². The number of fused-ring (bicyclic) bond motifs is 1. The van der Waals surface area contributed by atoms with Crippen LogP contribution in [0.25, 0.3) is 0 Å². The number of terminal acetylenes is 1. The molecule has 1 aliphatic rings. The van der Waals surface area contributed by atoms with Crippen LogP contribution < -0.4 is 19.5 Å². The minimum Gasteiger partial charge on any atom is -0.490 e. The number of carbonyl (C=O) groups is 1. The van der Waals surface area contributed by atoms with Gasteiger partial charge in [0.2, 0.25) is 5.91 Å². The van der Waals surface area contributed by atoms with Gasteiger partial charge in [-0.25, -0.2) is 0 Å². The van der Waals surface area contributed by atoms with Gasteiger partial charge in [-0.1, -0.05) is 18.1 Å². The highest BCUT2D eigenvalue weighted by Gasteiger charge is 2.11. The van der Waals surface area contributed by atoms with Gasteiger partial charge in [0.1, 0.15) is 12.4 Å². The highest BCUT2D eigenvalue weighted by molar-refractivity contribution is 5.91. The minimum absolute atomic E-state index is 0.0637. The van der Waals surface area contributed by atoms with E-state index in [0.29, 0.717) is 37.5 Å². The van der Waals surface area contributed by atoms with Gasteiger partial charge in [-0.15, -0.1) is 6.42 Å². The second-order valence-corrected chi connectivity index (χ2v) is 5.90. The maximum absolute atomic E-state index is 12.2. The van der Waals surface area contributed by atoms with Crippen molar-refractivity contribution < 1.29 is 19.0 Å². The molecular weight excluding hydrogens is 330 g/mol. The maximum Gasteiger partial charge on any atom is 0.224 e. The Balaban J connectivity index is 1.54. The van der Waals surface area contributed by atoms with E-state index in [1.807, 2.05) is 30.3 Å². The molecule has 1 heterocycles. The molecule has 1 aliphatic heterocycles. The van der Waals surface area contributed by atoms with Crippen molar-refractivity contribution in [2.75, 3.05) is 25.1 Å². The van der Waals surface area contributed by atoms with Gasteiger partial charge in [-0.3, -0.25) is 4.79 Å². The molecule has 26 heavy (non-hydrogen) atoms. The maximum atomic E-state index is 12.2. The van der Waals surface area contributed by atoms with Crippen LogP contribution in [0.5, 0.6) is 17.2 Å². The van der Waals surface area contributed by atoms with Crippen molar-refractivity contribution in [1.29, 1.82) is 0 Å². The van der Waals surface area contributed by atoms with E-state index in [4.69, 9.17) is 20.6 Å². The first-order valence-electron chi connectivity index (χ1n) is 8.59. The smallest absolute Gasteiger partial charge is 0.224 e. The van der Waals surface area contributed by atoms with Crippen molar-refractivity contribution >= 4 is 11.6 Å². The van der Waals surface area contributed by atoms with E-state index in [-0.39, 0.29) is 12.5 Å². The Morgan fingerprint density at radius 2 is 2.00 bits per heavy atom. The molecule has 0 atom stereocenters. The van der Waals surface area contributed by atoms with E-state index >= 15 is 0 Å². The molecule has 2 aromatic rings. The van der Waals surface area contributed by atoms with E-state index < -0.39 is 0 Å². The number of ether oxygens (including phenoxy) is 3. The quantitative estimate of drug-likeness (QED) is 0.810. The van der Waals surface area contributed by atoms with Crippen LogP contribution in [0, 0.1) is 12.3 Å². The number of nitrogens with one attached hydrogen (secondary N) is 1. The van der Waals surface area contributed by atoms with Crippen LogP contribution in [0.1, 0.15) is 18.4 Å². The zero-order valence-corrected chi connectivity index (χ0v) is 14.5. The molecule has 0 fully saturated rings. The Kier molecular flexibility index (Phi) is 6.00. The van der Waals surface area contributed by atoms with Crippen LogP contribution in [-0.4, -0.2) is 25.7 Å². The van der Waals surface area contributed by atoms with E-state index in [1.54, 1.807) is 12.1 Å². The Morgan fingerprint density at radius 1 is 1.15 bits per heavy atom. The second kappa shape index (κ2) is 8.82. The number of hydrogen-bond donors (Lipinski definition) is 1. The molecule has 2 aromatic carbocycles. The predicted molar refractivity (Wildman–Crippen MR) is 99.8 cm³/mol. The van der Waals surface area contributed by atoms with Gasteiger partial charge in [0.15, 0.2) is 11.5 Å². The summed E-state index contributed by atoms with van der Waals surface area (Å²) in [5, 5.41) is 2.87. The van der Waals surface area contributed by atoms with Gasteiger partial charge in [0.25, 0.3) is 0 Å². The monoisotopic (exact) mass is 351 g/mol. The molecule has 0 unspecified atom stereocenters. The topological polar surface area (TPSA) is 56.8 Å². The Hall–Kier alpha value is -3.13. The highest BCUT2D eigenvalue weighted by atomic mass is 16.5. The van der Waals surface area contributed by atoms with Crippen LogP contribution in [0.3, 0.4) is 0 Å². The summed E-state index contributed by atoms with van der Waals surface area (Å²) in [5.74, 6) is 4.49. The van der Waals surface area contributed by atoms with E-state index in [1.165, 1.54) is 0 Å². The van der Waals surface area contributed by atoms with Crippen LogP contribution in [-0.2, 0) is 11.2 Å². The summed E-state index contributed by atoms with van der Waals surface area (Å²) < 4.78 is 16.7. The van der Waals surface area contributed by atoms with Crippen molar-refractivity contribution in [2.24, 2.45) is 0 Å². The Bertz CT molecular complexity index is 810. The standard InChI is InChI=1S/C21H21NO4/c1-2-11-24-18-6-3-5-17(15-18)22-21(23)10-8-16-7-9-19-20(14-16)26-13-4-12-25-19/h1,3,5-7,9,14-15H,4,8,10-13H2,(H,22,23). The number of amides is 1. The van der Waals surface area contributed by atoms with Gasteiger partial charge in [0.05, 0.1) is 13.2 Å². The van der Waals surface area contributed by atoms with E-state index in [9.17, 15) is 4.79 Å². The van der Waals surface area contributed by atoms with Crippen LogP contribution in [0.15, 0.2) is 42.5 Å². The Morgan fingerprint density at radius 3 is 2.85 bits per heavy atom. The summed E-state index contributed by atoms with van der Waals surface area (Å²) in [6.07, 6.45) is 7.04. The fraction of sp³-hybridized carbons (Fsp3) is 0.286. The van der Waals surface area contributed by atoms with Crippen molar-refractivity contribution in [3.8, 4) is 29.6 Å². The van der Waals surface area contributed by atoms with Crippen LogP contribution in [0.4, 0.5) is 5.69 Å². The normalized spacial score (nSPS) is 12.6. The number of aryl methyl sites for hydroxylation is 1. The summed E-state index contributed by atoms with van der Waals surface area (Å²) in [4.78, 5) is 12.2. The summed E-state index contributed by atoms with van der Waals surface area (Å²) >= 11 is 0. The van der Waals surface area contributed by atoms with E-state index in [2.05, 4.69) is 11.2 Å². The van der Waals surface area contributed by atoms with Crippen molar-refractivity contribution in [1.82, 2.24) is 0 Å². The molecule has 0 bridgehead atoms. The Labute approximate surface area is 153 Å². The molecule has 134 valence electrons. The molecule has 5 nitrogen and oxygen atoms in total. The van der Waals surface area contributed by atoms with Gasteiger partial charge in [-0.05, 0) is 36.2 Å². The molecule has 1 amide bonds. The number of rotatable bonds is 6. The third-order valence-electron chi connectivity index (χ3n) is 3.89. The summed E-state index contributed by atoms with van der Waals surface area (Å²) in [5.41, 5.74) is 1.72. The zero-order chi connectivity index (χ0) is 18.2.